The molecule has 0 atom stereocenters. The molecule has 1 fully saturated rings. The van der Waals surface area contributed by atoms with E-state index >= 15 is 0 Å². The third kappa shape index (κ3) is 8.82. The number of pyridine rings is 1. The average molecular weight is 591 g/mol. The van der Waals surface area contributed by atoms with Gasteiger partial charge in [0.25, 0.3) is 0 Å². The van der Waals surface area contributed by atoms with Crippen molar-refractivity contribution in [2.45, 2.75) is 44.2 Å². The maximum Gasteiger partial charge on any atom is 0.416 e. The second-order valence-electron chi connectivity index (χ2n) is 10.3. The fourth-order valence-electron chi connectivity index (χ4n) is 4.91. The maximum atomic E-state index is 13.4. The van der Waals surface area contributed by atoms with E-state index in [2.05, 4.69) is 4.98 Å². The van der Waals surface area contributed by atoms with Gasteiger partial charge in [-0.25, -0.2) is 0 Å². The Balaban J connectivity index is 1.48. The second-order valence-corrected chi connectivity index (χ2v) is 10.3. The zero-order chi connectivity index (χ0) is 30.3. The fourth-order valence-corrected chi connectivity index (χ4v) is 4.91. The lowest BCUT2D eigenvalue weighted by Gasteiger charge is -2.38. The van der Waals surface area contributed by atoms with Gasteiger partial charge >= 0.3 is 12.4 Å². The minimum Gasteiger partial charge on any atom is -0.345 e. The molecule has 4 rings (SSSR count). The van der Waals surface area contributed by atoms with Crippen LogP contribution in [0.5, 0.6) is 0 Å². The van der Waals surface area contributed by atoms with E-state index in [0.717, 1.165) is 29.1 Å². The number of carbonyl (C=O) groups excluding carboxylic acids is 1. The number of likely N-dealkylation sites (tertiary alicyclic amines) is 1. The van der Waals surface area contributed by atoms with Gasteiger partial charge < -0.3 is 14.7 Å². The number of benzene rings is 2. The van der Waals surface area contributed by atoms with Crippen molar-refractivity contribution in [2.24, 2.45) is 0 Å². The highest BCUT2D eigenvalue weighted by Gasteiger charge is 2.32. The van der Waals surface area contributed by atoms with Crippen molar-refractivity contribution in [3.63, 3.8) is 0 Å². The first kappa shape index (κ1) is 31.1. The number of alkyl halides is 6. The van der Waals surface area contributed by atoms with E-state index in [4.69, 9.17) is 0 Å². The van der Waals surface area contributed by atoms with E-state index in [1.54, 1.807) is 22.2 Å². The third-order valence-corrected chi connectivity index (χ3v) is 7.38. The largest absolute Gasteiger partial charge is 0.416 e. The van der Waals surface area contributed by atoms with E-state index in [9.17, 15) is 31.1 Å². The molecule has 11 heteroatoms. The highest BCUT2D eigenvalue weighted by molar-refractivity contribution is 5.92. The molecule has 0 aliphatic carbocycles. The molecule has 2 heterocycles. The Bertz CT molecular complexity index is 1320. The lowest BCUT2D eigenvalue weighted by Crippen LogP contribution is -2.47. The highest BCUT2D eigenvalue weighted by Crippen LogP contribution is 2.30. The Hall–Kier alpha value is -3.86. The lowest BCUT2D eigenvalue weighted by atomic mass is 10.0. The van der Waals surface area contributed by atoms with Gasteiger partial charge in [0.2, 0.25) is 5.91 Å². The Morgan fingerprint density at radius 2 is 1.50 bits per heavy atom. The number of amides is 1. The fraction of sp³-hybridized carbons (Fsp3) is 0.355. The van der Waals surface area contributed by atoms with Gasteiger partial charge in [-0.05, 0) is 66.4 Å². The van der Waals surface area contributed by atoms with Crippen LogP contribution >= 0.6 is 0 Å². The zero-order valence-electron chi connectivity index (χ0n) is 23.1. The molecular weight excluding hydrogens is 558 g/mol. The molecule has 5 nitrogen and oxygen atoms in total. The normalized spacial score (nSPS) is 15.2. The minimum atomic E-state index is -4.45. The molecule has 0 saturated carbocycles. The second kappa shape index (κ2) is 13.4. The van der Waals surface area contributed by atoms with E-state index in [-0.39, 0.29) is 25.0 Å². The van der Waals surface area contributed by atoms with E-state index in [0.29, 0.717) is 31.5 Å². The quantitative estimate of drug-likeness (QED) is 0.193. The van der Waals surface area contributed by atoms with Gasteiger partial charge in [-0.1, -0.05) is 24.3 Å². The predicted molar refractivity (Wildman–Crippen MR) is 150 cm³/mol. The van der Waals surface area contributed by atoms with Crippen LogP contribution in [0.25, 0.3) is 6.08 Å². The Kier molecular flexibility index (Phi) is 9.93. The summed E-state index contributed by atoms with van der Waals surface area (Å²) in [7, 11) is 1.93. The summed E-state index contributed by atoms with van der Waals surface area (Å²) in [5, 5.41) is 0. The molecule has 0 N–H and O–H groups in total. The van der Waals surface area contributed by atoms with Crippen LogP contribution in [-0.2, 0) is 17.5 Å². The third-order valence-electron chi connectivity index (χ3n) is 7.38. The molecule has 1 aliphatic rings. The number of piperidine rings is 1. The van der Waals surface area contributed by atoms with Crippen molar-refractivity contribution in [3.05, 3.63) is 95.8 Å². The molecule has 1 saturated heterocycles. The molecule has 0 bridgehead atoms. The summed E-state index contributed by atoms with van der Waals surface area (Å²) in [4.78, 5) is 22.9. The monoisotopic (exact) mass is 590 g/mol. The first-order chi connectivity index (χ1) is 19.9. The van der Waals surface area contributed by atoms with Gasteiger partial charge in [-0.3, -0.25) is 9.78 Å². The standard InChI is InChI=1S/C31H32F6N4O/c1-39(27-12-17-38-18-13-27)26-9-4-24(5-10-26)22-41(28-14-19-40(20-15-28)21-16-30(32,33)34)29(42)11-6-23-2-7-25(8-3-23)31(35,36)37/h2-13,17-18,28H,14-16,19-22H2,1H3. The van der Waals surface area contributed by atoms with Crippen molar-refractivity contribution >= 4 is 23.4 Å². The van der Waals surface area contributed by atoms with E-state index in [1.165, 1.54) is 24.3 Å². The molecule has 1 aromatic heterocycles. The molecule has 0 spiro atoms. The summed E-state index contributed by atoms with van der Waals surface area (Å²) in [6.07, 6.45) is -2.30. The molecule has 0 unspecified atom stereocenters. The van der Waals surface area contributed by atoms with Gasteiger partial charge in [-0.2, -0.15) is 26.3 Å². The van der Waals surface area contributed by atoms with Crippen molar-refractivity contribution < 1.29 is 31.1 Å². The van der Waals surface area contributed by atoms with Crippen LogP contribution in [0.1, 0.15) is 36.0 Å². The van der Waals surface area contributed by atoms with Crippen LogP contribution in [0.3, 0.4) is 0 Å². The Morgan fingerprint density at radius 3 is 2.07 bits per heavy atom. The summed E-state index contributed by atoms with van der Waals surface area (Å²) >= 11 is 0. The van der Waals surface area contributed by atoms with Crippen molar-refractivity contribution in [1.82, 2.24) is 14.8 Å². The van der Waals surface area contributed by atoms with Crippen LogP contribution in [0.2, 0.25) is 0 Å². The molecule has 42 heavy (non-hydrogen) atoms. The van der Waals surface area contributed by atoms with Gasteiger partial charge in [0.05, 0.1) is 12.0 Å². The van der Waals surface area contributed by atoms with Gasteiger partial charge in [0.1, 0.15) is 0 Å². The number of hydrogen-bond acceptors (Lipinski definition) is 4. The van der Waals surface area contributed by atoms with Crippen LogP contribution in [0, 0.1) is 0 Å². The summed E-state index contributed by atoms with van der Waals surface area (Å²) in [5.74, 6) is -0.318. The number of hydrogen-bond donors (Lipinski definition) is 0. The molecule has 0 radical (unpaired) electrons. The lowest BCUT2D eigenvalue weighted by molar-refractivity contribution is -0.139. The Morgan fingerprint density at radius 1 is 0.905 bits per heavy atom. The van der Waals surface area contributed by atoms with Gasteiger partial charge in [-0.15, -0.1) is 0 Å². The number of anilines is 2. The first-order valence-corrected chi connectivity index (χ1v) is 13.6. The number of aromatic nitrogens is 1. The van der Waals surface area contributed by atoms with Crippen LogP contribution < -0.4 is 4.90 Å². The van der Waals surface area contributed by atoms with Crippen LogP contribution in [0.15, 0.2) is 79.1 Å². The van der Waals surface area contributed by atoms with Crippen molar-refractivity contribution in [1.29, 1.82) is 0 Å². The summed E-state index contributed by atoms with van der Waals surface area (Å²) in [6, 6.07) is 15.8. The average Bonchev–Trinajstić information content (AvgIpc) is 2.98. The summed E-state index contributed by atoms with van der Waals surface area (Å²) in [5.41, 5.74) is 2.44. The molecular formula is C31H32F6N4O. The van der Waals surface area contributed by atoms with Crippen molar-refractivity contribution in [2.75, 3.05) is 31.6 Å². The molecule has 1 aliphatic heterocycles. The number of nitrogens with zero attached hydrogens (tertiary/aromatic N) is 4. The number of halogens is 6. The summed E-state index contributed by atoms with van der Waals surface area (Å²) in [6.45, 7) is 1.07. The Labute approximate surface area is 241 Å². The SMILES string of the molecule is CN(c1ccncc1)c1ccc(CN(C(=O)C=Cc2ccc(C(F)(F)F)cc2)C2CCN(CCC(F)(F)F)CC2)cc1. The van der Waals surface area contributed by atoms with Crippen LogP contribution in [-0.4, -0.2) is 59.6 Å². The minimum absolute atomic E-state index is 0.0789. The molecule has 2 aromatic carbocycles. The number of carbonyl (C=O) groups is 1. The van der Waals surface area contributed by atoms with E-state index in [1.807, 2.05) is 48.3 Å². The first-order valence-electron chi connectivity index (χ1n) is 13.6. The smallest absolute Gasteiger partial charge is 0.345 e. The number of rotatable bonds is 9. The summed E-state index contributed by atoms with van der Waals surface area (Å²) < 4.78 is 76.8. The van der Waals surface area contributed by atoms with E-state index < -0.39 is 24.3 Å². The van der Waals surface area contributed by atoms with Gasteiger partial charge in [0.15, 0.2) is 0 Å². The van der Waals surface area contributed by atoms with Crippen molar-refractivity contribution in [3.8, 4) is 0 Å². The van der Waals surface area contributed by atoms with Crippen LogP contribution in [0.4, 0.5) is 37.7 Å². The van der Waals surface area contributed by atoms with Gasteiger partial charge in [0, 0.05) is 69.1 Å². The molecule has 1 amide bonds. The molecule has 224 valence electrons. The predicted octanol–water partition coefficient (Wildman–Crippen LogP) is 7.33. The topological polar surface area (TPSA) is 39.7 Å². The zero-order valence-corrected chi connectivity index (χ0v) is 23.1. The molecule has 3 aromatic rings. The highest BCUT2D eigenvalue weighted by atomic mass is 19.4. The maximum absolute atomic E-state index is 13.4.